The summed E-state index contributed by atoms with van der Waals surface area (Å²) in [5, 5.41) is 4.29. The van der Waals surface area contributed by atoms with Crippen molar-refractivity contribution >= 4 is 40.4 Å². The van der Waals surface area contributed by atoms with Crippen LogP contribution in [0.1, 0.15) is 33.1 Å². The number of benzene rings is 1. The third-order valence-electron chi connectivity index (χ3n) is 4.71. The van der Waals surface area contributed by atoms with Gasteiger partial charge in [0.2, 0.25) is 5.91 Å². The first-order valence-corrected chi connectivity index (χ1v) is 9.37. The molecule has 0 spiro atoms. The van der Waals surface area contributed by atoms with E-state index in [1.807, 2.05) is 0 Å². The van der Waals surface area contributed by atoms with Crippen molar-refractivity contribution in [2.24, 2.45) is 11.8 Å². The van der Waals surface area contributed by atoms with Crippen LogP contribution in [0.2, 0.25) is 5.02 Å². The Balaban J connectivity index is 1.55. The number of rotatable bonds is 4. The van der Waals surface area contributed by atoms with Crippen LogP contribution in [0.5, 0.6) is 0 Å². The molecule has 3 rings (SSSR count). The Hall–Kier alpha value is -1.20. The molecular formula is C17H21ClN2O2S. The molecule has 6 heteroatoms. The summed E-state index contributed by atoms with van der Waals surface area (Å²) in [7, 11) is 0. The van der Waals surface area contributed by atoms with E-state index in [1.54, 1.807) is 18.2 Å². The van der Waals surface area contributed by atoms with Gasteiger partial charge in [-0.3, -0.25) is 4.79 Å². The molecule has 1 aromatic carbocycles. The number of hydrogen-bond acceptors (Lipinski definition) is 4. The molecule has 3 atom stereocenters. The van der Waals surface area contributed by atoms with Crippen molar-refractivity contribution in [2.45, 2.75) is 44.4 Å². The third-order valence-corrected chi connectivity index (χ3v) is 5.77. The molecule has 0 radical (unpaired) electrons. The molecule has 23 heavy (non-hydrogen) atoms. The van der Waals surface area contributed by atoms with Crippen LogP contribution in [0.25, 0.3) is 11.1 Å². The van der Waals surface area contributed by atoms with Gasteiger partial charge in [0.25, 0.3) is 5.22 Å². The lowest BCUT2D eigenvalue weighted by Crippen LogP contribution is -2.44. The number of oxazole rings is 1. The SMILES string of the molecule is C[C@@H]1[C@H](C)CCC[C@H]1NC(=O)CSc1nc2cc(Cl)ccc2o1. The maximum Gasteiger partial charge on any atom is 0.257 e. The Bertz CT molecular complexity index is 703. The molecule has 0 unspecified atom stereocenters. The van der Waals surface area contributed by atoms with Gasteiger partial charge in [0.15, 0.2) is 5.58 Å². The first kappa shape index (κ1) is 16.7. The molecule has 2 aromatic rings. The highest BCUT2D eigenvalue weighted by Crippen LogP contribution is 2.30. The van der Waals surface area contributed by atoms with E-state index >= 15 is 0 Å². The van der Waals surface area contributed by atoms with E-state index in [-0.39, 0.29) is 11.9 Å². The van der Waals surface area contributed by atoms with Crippen LogP contribution in [-0.2, 0) is 4.79 Å². The number of halogens is 1. The van der Waals surface area contributed by atoms with Gasteiger partial charge in [-0.2, -0.15) is 0 Å². The maximum atomic E-state index is 12.2. The van der Waals surface area contributed by atoms with E-state index in [1.165, 1.54) is 24.6 Å². The summed E-state index contributed by atoms with van der Waals surface area (Å²) in [6, 6.07) is 5.60. The van der Waals surface area contributed by atoms with Crippen molar-refractivity contribution in [3.05, 3.63) is 23.2 Å². The highest BCUT2D eigenvalue weighted by atomic mass is 35.5. The number of nitrogens with zero attached hydrogens (tertiary/aromatic N) is 1. The van der Waals surface area contributed by atoms with Crippen LogP contribution in [0, 0.1) is 11.8 Å². The maximum absolute atomic E-state index is 12.2. The topological polar surface area (TPSA) is 55.1 Å². The largest absolute Gasteiger partial charge is 0.431 e. The second-order valence-corrected chi connectivity index (χ2v) is 7.68. The highest BCUT2D eigenvalue weighted by Gasteiger charge is 2.28. The molecule has 4 nitrogen and oxygen atoms in total. The minimum absolute atomic E-state index is 0.0428. The fourth-order valence-corrected chi connectivity index (χ4v) is 3.92. The Morgan fingerprint density at radius 3 is 3.09 bits per heavy atom. The van der Waals surface area contributed by atoms with Crippen molar-refractivity contribution < 1.29 is 9.21 Å². The van der Waals surface area contributed by atoms with Gasteiger partial charge in [-0.1, -0.05) is 50.1 Å². The Morgan fingerprint density at radius 1 is 1.43 bits per heavy atom. The first-order valence-electron chi connectivity index (χ1n) is 8.01. The standard InChI is InChI=1S/C17H21ClN2O2S/c1-10-4-3-5-13(11(10)2)19-16(21)9-23-17-20-14-8-12(18)6-7-15(14)22-17/h6-8,10-11,13H,3-5,9H2,1-2H3,(H,19,21)/t10-,11-,13-/m1/s1. The minimum atomic E-state index is 0.0428. The van der Waals surface area contributed by atoms with Crippen molar-refractivity contribution in [3.63, 3.8) is 0 Å². The summed E-state index contributed by atoms with van der Waals surface area (Å²) in [4.78, 5) is 16.5. The summed E-state index contributed by atoms with van der Waals surface area (Å²) in [5.74, 6) is 1.56. The lowest BCUT2D eigenvalue weighted by atomic mass is 9.78. The highest BCUT2D eigenvalue weighted by molar-refractivity contribution is 7.99. The lowest BCUT2D eigenvalue weighted by molar-refractivity contribution is -0.120. The Kier molecular flexibility index (Phi) is 5.17. The number of thioether (sulfide) groups is 1. The molecule has 1 N–H and O–H groups in total. The number of amides is 1. The quantitative estimate of drug-likeness (QED) is 0.822. The number of carbonyl (C=O) groups is 1. The molecule has 1 aliphatic rings. The molecule has 0 bridgehead atoms. The first-order chi connectivity index (χ1) is 11.0. The van der Waals surface area contributed by atoms with Crippen molar-refractivity contribution in [1.82, 2.24) is 10.3 Å². The molecule has 1 saturated carbocycles. The monoisotopic (exact) mass is 352 g/mol. The minimum Gasteiger partial charge on any atom is -0.431 e. The van der Waals surface area contributed by atoms with E-state index < -0.39 is 0 Å². The third kappa shape index (κ3) is 4.01. The van der Waals surface area contributed by atoms with Gasteiger partial charge >= 0.3 is 0 Å². The fourth-order valence-electron chi connectivity index (χ4n) is 3.10. The van der Waals surface area contributed by atoms with Gasteiger partial charge < -0.3 is 9.73 Å². The van der Waals surface area contributed by atoms with Crippen LogP contribution in [0.15, 0.2) is 27.8 Å². The fraction of sp³-hybridized carbons (Fsp3) is 0.529. The van der Waals surface area contributed by atoms with Crippen LogP contribution in [0.4, 0.5) is 0 Å². The summed E-state index contributed by atoms with van der Waals surface area (Å²) in [6.07, 6.45) is 3.52. The van der Waals surface area contributed by atoms with Crippen molar-refractivity contribution in [1.29, 1.82) is 0 Å². The van der Waals surface area contributed by atoms with Crippen LogP contribution in [0.3, 0.4) is 0 Å². The second kappa shape index (κ2) is 7.14. The summed E-state index contributed by atoms with van der Waals surface area (Å²) in [5.41, 5.74) is 1.40. The number of aromatic nitrogens is 1. The normalized spacial score (nSPS) is 24.7. The van der Waals surface area contributed by atoms with Crippen molar-refractivity contribution in [2.75, 3.05) is 5.75 Å². The smallest absolute Gasteiger partial charge is 0.257 e. The summed E-state index contributed by atoms with van der Waals surface area (Å²) < 4.78 is 5.61. The average Bonchev–Trinajstić information content (AvgIpc) is 2.92. The number of carbonyl (C=O) groups excluding carboxylic acids is 1. The van der Waals surface area contributed by atoms with E-state index in [2.05, 4.69) is 24.1 Å². The number of nitrogens with one attached hydrogen (secondary N) is 1. The van der Waals surface area contributed by atoms with Gasteiger partial charge in [-0.25, -0.2) is 4.98 Å². The number of fused-ring (bicyclic) bond motifs is 1. The van der Waals surface area contributed by atoms with E-state index in [0.29, 0.717) is 33.4 Å². The van der Waals surface area contributed by atoms with E-state index in [4.69, 9.17) is 16.0 Å². The van der Waals surface area contributed by atoms with Gasteiger partial charge in [0, 0.05) is 11.1 Å². The second-order valence-electron chi connectivity index (χ2n) is 6.32. The average molecular weight is 353 g/mol. The Labute approximate surface area is 145 Å². The predicted molar refractivity (Wildman–Crippen MR) is 93.9 cm³/mol. The van der Waals surface area contributed by atoms with E-state index in [9.17, 15) is 4.79 Å². The van der Waals surface area contributed by atoms with Gasteiger partial charge in [0.1, 0.15) is 5.52 Å². The van der Waals surface area contributed by atoms with Gasteiger partial charge in [-0.05, 0) is 36.5 Å². The zero-order valence-electron chi connectivity index (χ0n) is 13.3. The van der Waals surface area contributed by atoms with Crippen molar-refractivity contribution in [3.8, 4) is 0 Å². The van der Waals surface area contributed by atoms with E-state index in [0.717, 1.165) is 11.9 Å². The van der Waals surface area contributed by atoms with Crippen LogP contribution in [-0.4, -0.2) is 22.7 Å². The predicted octanol–water partition coefficient (Wildman–Crippen LogP) is 4.51. The Morgan fingerprint density at radius 2 is 2.26 bits per heavy atom. The summed E-state index contributed by atoms with van der Waals surface area (Å²) >= 11 is 7.25. The molecule has 1 aromatic heterocycles. The molecular weight excluding hydrogens is 332 g/mol. The van der Waals surface area contributed by atoms with Gasteiger partial charge in [-0.15, -0.1) is 0 Å². The van der Waals surface area contributed by atoms with Crippen LogP contribution < -0.4 is 5.32 Å². The van der Waals surface area contributed by atoms with Crippen LogP contribution >= 0.6 is 23.4 Å². The molecule has 1 amide bonds. The zero-order valence-corrected chi connectivity index (χ0v) is 14.9. The van der Waals surface area contributed by atoms with Gasteiger partial charge in [0.05, 0.1) is 5.75 Å². The molecule has 1 heterocycles. The zero-order chi connectivity index (χ0) is 16.4. The number of hydrogen-bond donors (Lipinski definition) is 1. The molecule has 124 valence electrons. The molecule has 1 aliphatic carbocycles. The molecule has 0 aliphatic heterocycles. The molecule has 1 fully saturated rings. The molecule has 0 saturated heterocycles. The summed E-state index contributed by atoms with van der Waals surface area (Å²) in [6.45, 7) is 4.49. The lowest BCUT2D eigenvalue weighted by Gasteiger charge is -2.34.